The summed E-state index contributed by atoms with van der Waals surface area (Å²) in [6.07, 6.45) is 5.38. The molecule has 1 N–H and O–H groups in total. The summed E-state index contributed by atoms with van der Waals surface area (Å²) in [6, 6.07) is 7.10. The molecule has 0 saturated heterocycles. The van der Waals surface area contributed by atoms with Crippen LogP contribution in [0.25, 0.3) is 0 Å². The second-order valence-electron chi connectivity index (χ2n) is 6.35. The molecular weight excluding hydrogens is 334 g/mol. The van der Waals surface area contributed by atoms with E-state index in [0.29, 0.717) is 12.1 Å². The van der Waals surface area contributed by atoms with Crippen molar-refractivity contribution >= 4 is 27.5 Å². The van der Waals surface area contributed by atoms with Crippen LogP contribution < -0.4 is 5.32 Å². The average molecular weight is 359 g/mol. The van der Waals surface area contributed by atoms with E-state index in [-0.39, 0.29) is 0 Å². The van der Waals surface area contributed by atoms with Crippen LogP contribution in [-0.4, -0.2) is 6.04 Å². The standard InChI is InChI=1S/C17H25BrClN/c1-11(2)14-6-4-5-7-17(14)20-12(3)15-9-8-13(18)10-16(15)19/h8-12,14,17,20H,4-7H2,1-3H3. The van der Waals surface area contributed by atoms with E-state index in [0.717, 1.165) is 21.3 Å². The van der Waals surface area contributed by atoms with Gasteiger partial charge in [-0.05, 0) is 49.3 Å². The van der Waals surface area contributed by atoms with Crippen LogP contribution in [0.1, 0.15) is 58.1 Å². The molecule has 1 aliphatic rings. The smallest absolute Gasteiger partial charge is 0.0464 e. The summed E-state index contributed by atoms with van der Waals surface area (Å²) in [5.41, 5.74) is 1.20. The van der Waals surface area contributed by atoms with Gasteiger partial charge in [0.2, 0.25) is 0 Å². The van der Waals surface area contributed by atoms with Crippen LogP contribution in [0.15, 0.2) is 22.7 Å². The normalized spacial score (nSPS) is 24.9. The lowest BCUT2D eigenvalue weighted by atomic mass is 9.77. The van der Waals surface area contributed by atoms with Crippen molar-refractivity contribution in [2.24, 2.45) is 11.8 Å². The van der Waals surface area contributed by atoms with Gasteiger partial charge < -0.3 is 5.32 Å². The van der Waals surface area contributed by atoms with E-state index in [1.54, 1.807) is 0 Å². The van der Waals surface area contributed by atoms with Gasteiger partial charge in [0.05, 0.1) is 0 Å². The quantitative estimate of drug-likeness (QED) is 0.699. The summed E-state index contributed by atoms with van der Waals surface area (Å²) in [4.78, 5) is 0. The maximum absolute atomic E-state index is 6.37. The summed E-state index contributed by atoms with van der Waals surface area (Å²) >= 11 is 9.84. The van der Waals surface area contributed by atoms with E-state index in [1.807, 2.05) is 6.07 Å². The third-order valence-electron chi connectivity index (χ3n) is 4.57. The summed E-state index contributed by atoms with van der Waals surface area (Å²) in [6.45, 7) is 6.92. The summed E-state index contributed by atoms with van der Waals surface area (Å²) in [5.74, 6) is 1.54. The third kappa shape index (κ3) is 3.99. The van der Waals surface area contributed by atoms with Crippen molar-refractivity contribution < 1.29 is 0 Å². The monoisotopic (exact) mass is 357 g/mol. The van der Waals surface area contributed by atoms with Crippen molar-refractivity contribution in [1.29, 1.82) is 0 Å². The van der Waals surface area contributed by atoms with Gasteiger partial charge >= 0.3 is 0 Å². The van der Waals surface area contributed by atoms with Crippen LogP contribution in [0.4, 0.5) is 0 Å². The summed E-state index contributed by atoms with van der Waals surface area (Å²) in [7, 11) is 0. The molecule has 3 unspecified atom stereocenters. The van der Waals surface area contributed by atoms with E-state index in [2.05, 4.69) is 54.2 Å². The molecule has 1 fully saturated rings. The fourth-order valence-corrected chi connectivity index (χ4v) is 4.27. The molecule has 1 aliphatic carbocycles. The fraction of sp³-hybridized carbons (Fsp3) is 0.647. The molecule has 0 spiro atoms. The molecular formula is C17H25BrClN. The van der Waals surface area contributed by atoms with E-state index in [4.69, 9.17) is 11.6 Å². The minimum atomic E-state index is 0.306. The first-order valence-electron chi connectivity index (χ1n) is 7.70. The van der Waals surface area contributed by atoms with Gasteiger partial charge in [-0.15, -0.1) is 0 Å². The molecule has 3 heteroatoms. The zero-order valence-electron chi connectivity index (χ0n) is 12.6. The van der Waals surface area contributed by atoms with Crippen LogP contribution in [-0.2, 0) is 0 Å². The number of hydrogen-bond acceptors (Lipinski definition) is 1. The van der Waals surface area contributed by atoms with Crippen molar-refractivity contribution in [3.63, 3.8) is 0 Å². The molecule has 0 heterocycles. The predicted octanol–water partition coefficient (Wildman–Crippen LogP) is 5.97. The number of rotatable bonds is 4. The molecule has 1 nitrogen and oxygen atoms in total. The number of hydrogen-bond donors (Lipinski definition) is 1. The lowest BCUT2D eigenvalue weighted by Crippen LogP contribution is -2.42. The highest BCUT2D eigenvalue weighted by Crippen LogP contribution is 2.33. The van der Waals surface area contributed by atoms with Crippen LogP contribution >= 0.6 is 27.5 Å². The Morgan fingerprint density at radius 2 is 1.90 bits per heavy atom. The first-order valence-corrected chi connectivity index (χ1v) is 8.87. The van der Waals surface area contributed by atoms with Gasteiger partial charge in [0.25, 0.3) is 0 Å². The zero-order chi connectivity index (χ0) is 14.7. The molecule has 112 valence electrons. The fourth-order valence-electron chi connectivity index (χ4n) is 3.43. The van der Waals surface area contributed by atoms with Gasteiger partial charge in [0, 0.05) is 21.6 Å². The third-order valence-corrected chi connectivity index (χ3v) is 5.39. The molecule has 3 atom stereocenters. The topological polar surface area (TPSA) is 12.0 Å². The van der Waals surface area contributed by atoms with Crippen molar-refractivity contribution in [3.8, 4) is 0 Å². The molecule has 1 aromatic rings. The van der Waals surface area contributed by atoms with Gasteiger partial charge in [0.1, 0.15) is 0 Å². The molecule has 1 saturated carbocycles. The molecule has 0 aliphatic heterocycles. The maximum atomic E-state index is 6.37. The SMILES string of the molecule is CC(NC1CCCCC1C(C)C)c1ccc(Br)cc1Cl. The van der Waals surface area contributed by atoms with Gasteiger partial charge in [-0.25, -0.2) is 0 Å². The summed E-state index contributed by atoms with van der Waals surface area (Å²) < 4.78 is 1.04. The predicted molar refractivity (Wildman–Crippen MR) is 91.3 cm³/mol. The Morgan fingerprint density at radius 1 is 1.20 bits per heavy atom. The van der Waals surface area contributed by atoms with E-state index >= 15 is 0 Å². The second kappa shape index (κ2) is 7.29. The number of benzene rings is 1. The molecule has 0 amide bonds. The largest absolute Gasteiger partial charge is 0.307 e. The minimum Gasteiger partial charge on any atom is -0.307 e. The average Bonchev–Trinajstić information content (AvgIpc) is 2.38. The van der Waals surface area contributed by atoms with Crippen molar-refractivity contribution in [3.05, 3.63) is 33.3 Å². The second-order valence-corrected chi connectivity index (χ2v) is 7.68. The Morgan fingerprint density at radius 3 is 2.55 bits per heavy atom. The van der Waals surface area contributed by atoms with Crippen molar-refractivity contribution in [2.45, 2.75) is 58.5 Å². The molecule has 0 bridgehead atoms. The zero-order valence-corrected chi connectivity index (χ0v) is 15.0. The molecule has 20 heavy (non-hydrogen) atoms. The van der Waals surface area contributed by atoms with Crippen LogP contribution in [0.5, 0.6) is 0 Å². The Hall–Kier alpha value is -0.0500. The molecule has 0 radical (unpaired) electrons. The van der Waals surface area contributed by atoms with Crippen molar-refractivity contribution in [2.75, 3.05) is 0 Å². The lowest BCUT2D eigenvalue weighted by Gasteiger charge is -2.37. The van der Waals surface area contributed by atoms with Gasteiger partial charge in [-0.2, -0.15) is 0 Å². The molecule has 1 aromatic carbocycles. The first kappa shape index (κ1) is 16.3. The number of halogens is 2. The van der Waals surface area contributed by atoms with Gasteiger partial charge in [-0.1, -0.05) is 60.3 Å². The highest BCUT2D eigenvalue weighted by atomic mass is 79.9. The number of nitrogens with one attached hydrogen (secondary N) is 1. The Kier molecular flexibility index (Phi) is 5.95. The maximum Gasteiger partial charge on any atom is 0.0464 e. The Bertz CT molecular complexity index is 447. The Labute approximate surface area is 136 Å². The molecule has 0 aromatic heterocycles. The van der Waals surface area contributed by atoms with E-state index in [9.17, 15) is 0 Å². The van der Waals surface area contributed by atoms with E-state index < -0.39 is 0 Å². The highest BCUT2D eigenvalue weighted by molar-refractivity contribution is 9.10. The summed E-state index contributed by atoms with van der Waals surface area (Å²) in [5, 5.41) is 4.67. The van der Waals surface area contributed by atoms with Gasteiger partial charge in [0.15, 0.2) is 0 Å². The van der Waals surface area contributed by atoms with E-state index in [1.165, 1.54) is 31.2 Å². The van der Waals surface area contributed by atoms with Crippen molar-refractivity contribution in [1.82, 2.24) is 5.32 Å². The van der Waals surface area contributed by atoms with Gasteiger partial charge in [-0.3, -0.25) is 0 Å². The van der Waals surface area contributed by atoms with Crippen LogP contribution in [0.2, 0.25) is 5.02 Å². The molecule has 2 rings (SSSR count). The van der Waals surface area contributed by atoms with Crippen LogP contribution in [0.3, 0.4) is 0 Å². The lowest BCUT2D eigenvalue weighted by molar-refractivity contribution is 0.195. The first-order chi connectivity index (χ1) is 9.49. The highest BCUT2D eigenvalue weighted by Gasteiger charge is 2.28. The Balaban J connectivity index is 2.07. The minimum absolute atomic E-state index is 0.306. The van der Waals surface area contributed by atoms with Crippen LogP contribution in [0, 0.1) is 11.8 Å².